The van der Waals surface area contributed by atoms with E-state index in [-0.39, 0.29) is 25.0 Å². The van der Waals surface area contributed by atoms with Crippen LogP contribution in [0.2, 0.25) is 5.02 Å². The van der Waals surface area contributed by atoms with Crippen LogP contribution in [-0.4, -0.2) is 28.6 Å². The van der Waals surface area contributed by atoms with Crippen LogP contribution in [0.5, 0.6) is 0 Å². The van der Waals surface area contributed by atoms with Gasteiger partial charge < -0.3 is 15.0 Å². The molecule has 0 unspecified atom stereocenters. The maximum atomic E-state index is 13.5. The average Bonchev–Trinajstić information content (AvgIpc) is 3.35. The SMILES string of the molecule is CCOC(=O)C1=C(c2ccccc2)N=C2SC=C(CC(=O)N[C@H](C)c3ccccc3)N2[C@H]1c1ccc(Cl)cc1. The number of nitrogens with zero attached hydrogens (tertiary/aromatic N) is 2. The molecule has 39 heavy (non-hydrogen) atoms. The smallest absolute Gasteiger partial charge is 0.338 e. The Balaban J connectivity index is 1.53. The van der Waals surface area contributed by atoms with Crippen LogP contribution in [-0.2, 0) is 14.3 Å². The largest absolute Gasteiger partial charge is 0.463 e. The lowest BCUT2D eigenvalue weighted by Gasteiger charge is -2.37. The van der Waals surface area contributed by atoms with Gasteiger partial charge in [0.05, 0.1) is 36.4 Å². The standard InChI is InChI=1S/C31H28ClN3O3S/c1-3-38-30(37)27-28(22-12-8-5-9-13-22)34-31-35(29(27)23-14-16-24(32)17-15-23)25(19-39-31)18-26(36)33-20(2)21-10-6-4-7-11-21/h4-17,19-20,29H,3,18H2,1-2H3,(H,33,36)/t20-,29+/m1/s1. The van der Waals surface area contributed by atoms with E-state index in [9.17, 15) is 9.59 Å². The number of carbonyl (C=O) groups is 2. The summed E-state index contributed by atoms with van der Waals surface area (Å²) in [6.07, 6.45) is 0.129. The summed E-state index contributed by atoms with van der Waals surface area (Å²) < 4.78 is 5.55. The van der Waals surface area contributed by atoms with Gasteiger partial charge in [-0.2, -0.15) is 0 Å². The molecule has 6 nitrogen and oxygen atoms in total. The number of esters is 1. The number of fused-ring (bicyclic) bond motifs is 1. The Kier molecular flexibility index (Phi) is 8.19. The van der Waals surface area contributed by atoms with Gasteiger partial charge >= 0.3 is 5.97 Å². The Labute approximate surface area is 237 Å². The maximum Gasteiger partial charge on any atom is 0.338 e. The Bertz CT molecular complexity index is 1450. The van der Waals surface area contributed by atoms with Crippen molar-refractivity contribution in [3.63, 3.8) is 0 Å². The van der Waals surface area contributed by atoms with Gasteiger partial charge in [0.15, 0.2) is 5.17 Å². The van der Waals surface area contributed by atoms with Crippen molar-refractivity contribution in [1.29, 1.82) is 0 Å². The topological polar surface area (TPSA) is 71.0 Å². The molecule has 2 atom stereocenters. The highest BCUT2D eigenvalue weighted by Gasteiger charge is 2.42. The molecule has 2 heterocycles. The van der Waals surface area contributed by atoms with Crippen LogP contribution in [0.4, 0.5) is 0 Å². The predicted octanol–water partition coefficient (Wildman–Crippen LogP) is 6.88. The number of amides is 1. The highest BCUT2D eigenvalue weighted by Crippen LogP contribution is 2.47. The number of benzene rings is 3. The van der Waals surface area contributed by atoms with Gasteiger partial charge in [-0.15, -0.1) is 0 Å². The van der Waals surface area contributed by atoms with E-state index in [0.29, 0.717) is 21.5 Å². The number of carbonyl (C=O) groups excluding carboxylic acids is 2. The third-order valence-electron chi connectivity index (χ3n) is 6.56. The predicted molar refractivity (Wildman–Crippen MR) is 157 cm³/mol. The second-order valence-electron chi connectivity index (χ2n) is 9.17. The lowest BCUT2D eigenvalue weighted by molar-refractivity contribution is -0.139. The zero-order valence-electron chi connectivity index (χ0n) is 21.6. The van der Waals surface area contributed by atoms with E-state index in [2.05, 4.69) is 5.32 Å². The molecule has 0 spiro atoms. The first kappa shape index (κ1) is 26.8. The minimum Gasteiger partial charge on any atom is -0.463 e. The first-order valence-corrected chi connectivity index (χ1v) is 14.0. The van der Waals surface area contributed by atoms with Crippen molar-refractivity contribution in [2.45, 2.75) is 32.4 Å². The van der Waals surface area contributed by atoms with Crippen molar-refractivity contribution in [2.24, 2.45) is 4.99 Å². The highest BCUT2D eigenvalue weighted by molar-refractivity contribution is 8.16. The number of aliphatic imine (C=N–C) groups is 1. The molecule has 2 aliphatic rings. The normalized spacial score (nSPS) is 17.2. The summed E-state index contributed by atoms with van der Waals surface area (Å²) in [7, 11) is 0. The summed E-state index contributed by atoms with van der Waals surface area (Å²) in [6, 6.07) is 26.1. The summed E-state index contributed by atoms with van der Waals surface area (Å²) in [5.41, 5.74) is 4.42. The minimum absolute atomic E-state index is 0.121. The lowest BCUT2D eigenvalue weighted by Crippen LogP contribution is -2.38. The molecule has 2 aliphatic heterocycles. The van der Waals surface area contributed by atoms with Crippen molar-refractivity contribution >= 4 is 46.1 Å². The van der Waals surface area contributed by atoms with Crippen LogP contribution in [0.15, 0.2) is 107 Å². The van der Waals surface area contributed by atoms with Gasteiger partial charge in [0.25, 0.3) is 0 Å². The third kappa shape index (κ3) is 5.79. The Morgan fingerprint density at radius 2 is 1.69 bits per heavy atom. The first-order valence-electron chi connectivity index (χ1n) is 12.8. The van der Waals surface area contributed by atoms with E-state index in [0.717, 1.165) is 22.4 Å². The van der Waals surface area contributed by atoms with Gasteiger partial charge in [0.1, 0.15) is 0 Å². The molecule has 0 aliphatic carbocycles. The van der Waals surface area contributed by atoms with Crippen molar-refractivity contribution < 1.29 is 14.3 Å². The van der Waals surface area contributed by atoms with Gasteiger partial charge in [-0.1, -0.05) is 96.2 Å². The number of hydrogen-bond donors (Lipinski definition) is 1. The summed E-state index contributed by atoms with van der Waals surface area (Å²) in [5, 5.41) is 6.32. The van der Waals surface area contributed by atoms with Crippen molar-refractivity contribution in [2.75, 3.05) is 6.61 Å². The second kappa shape index (κ2) is 11.9. The first-order chi connectivity index (χ1) is 19.0. The van der Waals surface area contributed by atoms with Crippen LogP contribution < -0.4 is 5.32 Å². The molecule has 3 aromatic carbocycles. The fourth-order valence-electron chi connectivity index (χ4n) is 4.73. The van der Waals surface area contributed by atoms with E-state index in [1.807, 2.05) is 90.0 Å². The molecule has 8 heteroatoms. The van der Waals surface area contributed by atoms with Gasteiger partial charge in [0, 0.05) is 16.3 Å². The van der Waals surface area contributed by atoms with Crippen molar-refractivity contribution in [3.8, 4) is 0 Å². The highest BCUT2D eigenvalue weighted by atomic mass is 35.5. The van der Waals surface area contributed by atoms with E-state index in [1.54, 1.807) is 19.1 Å². The number of ether oxygens (including phenoxy) is 1. The number of halogens is 1. The van der Waals surface area contributed by atoms with Crippen LogP contribution in [0, 0.1) is 0 Å². The molecule has 0 fully saturated rings. The number of thioether (sulfide) groups is 1. The Morgan fingerprint density at radius 3 is 2.36 bits per heavy atom. The number of nitrogens with one attached hydrogen (secondary N) is 1. The minimum atomic E-state index is -0.551. The van der Waals surface area contributed by atoms with Gasteiger partial charge in [-0.3, -0.25) is 4.79 Å². The lowest BCUT2D eigenvalue weighted by atomic mass is 9.91. The van der Waals surface area contributed by atoms with Crippen molar-refractivity contribution in [1.82, 2.24) is 10.2 Å². The zero-order valence-corrected chi connectivity index (χ0v) is 23.2. The molecule has 0 bridgehead atoms. The molecule has 3 aromatic rings. The monoisotopic (exact) mass is 557 g/mol. The van der Waals surface area contributed by atoms with Crippen molar-refractivity contribution in [3.05, 3.63) is 123 Å². The molecule has 0 saturated carbocycles. The number of hydrogen-bond acceptors (Lipinski definition) is 6. The van der Waals surface area contributed by atoms with E-state index in [1.165, 1.54) is 11.8 Å². The Hall–Kier alpha value is -3.81. The van der Waals surface area contributed by atoms with E-state index >= 15 is 0 Å². The van der Waals surface area contributed by atoms with Gasteiger partial charge in [0.2, 0.25) is 5.91 Å². The molecule has 0 saturated heterocycles. The quantitative estimate of drug-likeness (QED) is 0.306. The summed E-state index contributed by atoms with van der Waals surface area (Å²) in [5.74, 6) is -0.567. The fourth-order valence-corrected chi connectivity index (χ4v) is 5.78. The van der Waals surface area contributed by atoms with Gasteiger partial charge in [-0.05, 0) is 42.5 Å². The molecule has 0 aromatic heterocycles. The molecular formula is C31H28ClN3O3S. The molecule has 198 valence electrons. The maximum absolute atomic E-state index is 13.5. The average molecular weight is 558 g/mol. The van der Waals surface area contributed by atoms with Crippen LogP contribution in [0.1, 0.15) is 49.0 Å². The van der Waals surface area contributed by atoms with Crippen LogP contribution in [0.3, 0.4) is 0 Å². The number of amidine groups is 1. The summed E-state index contributed by atoms with van der Waals surface area (Å²) in [4.78, 5) is 33.6. The summed E-state index contributed by atoms with van der Waals surface area (Å²) >= 11 is 7.66. The second-order valence-corrected chi connectivity index (χ2v) is 10.4. The molecular weight excluding hydrogens is 530 g/mol. The molecule has 1 N–H and O–H groups in total. The fraction of sp³-hybridized carbons (Fsp3) is 0.194. The molecule has 1 amide bonds. The Morgan fingerprint density at radius 1 is 1.03 bits per heavy atom. The van der Waals surface area contributed by atoms with E-state index < -0.39 is 12.0 Å². The molecule has 0 radical (unpaired) electrons. The third-order valence-corrected chi connectivity index (χ3v) is 7.70. The zero-order chi connectivity index (χ0) is 27.4. The van der Waals surface area contributed by atoms with Gasteiger partial charge in [-0.25, -0.2) is 9.79 Å². The van der Waals surface area contributed by atoms with Crippen LogP contribution in [0.25, 0.3) is 5.70 Å². The molecule has 5 rings (SSSR count). The van der Waals surface area contributed by atoms with Crippen LogP contribution >= 0.6 is 23.4 Å². The van der Waals surface area contributed by atoms with E-state index in [4.69, 9.17) is 21.3 Å². The number of rotatable bonds is 8. The summed E-state index contributed by atoms with van der Waals surface area (Å²) in [6.45, 7) is 3.97.